The summed E-state index contributed by atoms with van der Waals surface area (Å²) in [6.45, 7) is 4.30. The van der Waals surface area contributed by atoms with E-state index in [0.717, 1.165) is 4.73 Å². The predicted octanol–water partition coefficient (Wildman–Crippen LogP) is 0.866. The summed E-state index contributed by atoms with van der Waals surface area (Å²) >= 11 is 2.35. The number of amidine groups is 1. The molecule has 0 aromatic carbocycles. The predicted molar refractivity (Wildman–Crippen MR) is 51.1 cm³/mol. The van der Waals surface area contributed by atoms with Crippen LogP contribution in [0.25, 0.3) is 0 Å². The van der Waals surface area contributed by atoms with Gasteiger partial charge in [-0.25, -0.2) is 0 Å². The van der Waals surface area contributed by atoms with Crippen LogP contribution in [0.15, 0.2) is 4.99 Å². The smallest absolute Gasteiger partial charge is 0.147 e. The van der Waals surface area contributed by atoms with Crippen LogP contribution in [0.1, 0.15) is 13.8 Å². The Morgan fingerprint density at radius 1 is 1.60 bits per heavy atom. The Kier molecular flexibility index (Phi) is 4.78. The van der Waals surface area contributed by atoms with Gasteiger partial charge in [0.1, 0.15) is 0 Å². The number of thioether (sulfide) groups is 1. The molecule has 1 aliphatic rings. The van der Waals surface area contributed by atoms with E-state index in [2.05, 4.69) is 18.8 Å². The molecule has 2 nitrogen and oxygen atoms in total. The number of nitrogens with two attached hydrogens (primary N) is 1. The molecule has 0 saturated carbocycles. The average molecular weight is 246 g/mol. The van der Waals surface area contributed by atoms with Gasteiger partial charge in [-0.15, -0.1) is 12.4 Å². The van der Waals surface area contributed by atoms with Gasteiger partial charge in [0.2, 0.25) is 0 Å². The average Bonchev–Trinajstić information content (AvgIpc) is 1.59. The van der Waals surface area contributed by atoms with Crippen molar-refractivity contribution in [3.8, 4) is 0 Å². The molecule has 1 aliphatic heterocycles. The first-order valence-electron chi connectivity index (χ1n) is 2.84. The minimum absolute atomic E-state index is 0. The van der Waals surface area contributed by atoms with E-state index in [9.17, 15) is 0 Å². The largest absolute Gasteiger partial charge is 0.147 e. The van der Waals surface area contributed by atoms with Crippen molar-refractivity contribution in [3.63, 3.8) is 0 Å². The van der Waals surface area contributed by atoms with E-state index in [1.54, 1.807) is 0 Å². The van der Waals surface area contributed by atoms with E-state index in [4.69, 9.17) is 5.73 Å². The van der Waals surface area contributed by atoms with E-state index in [1.165, 1.54) is 0 Å². The molecule has 0 aromatic rings. The van der Waals surface area contributed by atoms with E-state index < -0.39 is 0 Å². The minimum atomic E-state index is 0. The van der Waals surface area contributed by atoms with Crippen LogP contribution in [0, 0.1) is 0 Å². The summed E-state index contributed by atoms with van der Waals surface area (Å²) in [5.74, 6) is 0. The Morgan fingerprint density at radius 2 is 2.20 bits per heavy atom. The Labute approximate surface area is 78.0 Å². The van der Waals surface area contributed by atoms with E-state index in [-0.39, 0.29) is 12.4 Å². The standard InChI is InChI=1S/C5H10N2SSe.ClH/c1-3-7-5(6)9-4(2)8-3;/h3-4H,1-2H3,(H2,6,7);1H. The molecule has 2 atom stereocenters. The van der Waals surface area contributed by atoms with Crippen LogP contribution in [0.5, 0.6) is 0 Å². The first-order chi connectivity index (χ1) is 4.18. The summed E-state index contributed by atoms with van der Waals surface area (Å²) in [6.07, 6.45) is 0. The van der Waals surface area contributed by atoms with Crippen molar-refractivity contribution < 1.29 is 0 Å². The molecule has 2 unspecified atom stereocenters. The maximum absolute atomic E-state index is 5.58. The quantitative estimate of drug-likeness (QED) is 0.643. The fraction of sp³-hybridized carbons (Fsp3) is 0.800. The molecular weight excluding hydrogens is 235 g/mol. The molecule has 1 rings (SSSR count). The zero-order valence-electron chi connectivity index (χ0n) is 5.90. The molecule has 5 heteroatoms. The van der Waals surface area contributed by atoms with E-state index in [1.807, 2.05) is 11.8 Å². The number of hydrogen-bond acceptors (Lipinski definition) is 3. The maximum atomic E-state index is 5.58. The topological polar surface area (TPSA) is 38.4 Å². The van der Waals surface area contributed by atoms with Crippen LogP contribution >= 0.6 is 24.2 Å². The van der Waals surface area contributed by atoms with Gasteiger partial charge < -0.3 is 0 Å². The fourth-order valence-corrected chi connectivity index (χ4v) is 4.70. The van der Waals surface area contributed by atoms with Gasteiger partial charge in [0.15, 0.2) is 0 Å². The number of hydrogen-bond donors (Lipinski definition) is 1. The number of nitrogens with zero attached hydrogens (tertiary/aromatic N) is 1. The van der Waals surface area contributed by atoms with Crippen LogP contribution in [0.2, 0.25) is 0 Å². The monoisotopic (exact) mass is 246 g/mol. The van der Waals surface area contributed by atoms with Gasteiger partial charge in [-0.2, -0.15) is 0 Å². The van der Waals surface area contributed by atoms with Gasteiger partial charge in [0.05, 0.1) is 0 Å². The third kappa shape index (κ3) is 3.15. The minimum Gasteiger partial charge on any atom is -0.147 e. The van der Waals surface area contributed by atoms with E-state index >= 15 is 0 Å². The van der Waals surface area contributed by atoms with Crippen LogP contribution < -0.4 is 5.73 Å². The van der Waals surface area contributed by atoms with Crippen molar-refractivity contribution >= 4 is 43.9 Å². The molecule has 0 radical (unpaired) electrons. The van der Waals surface area contributed by atoms with Crippen molar-refractivity contribution in [2.75, 3.05) is 0 Å². The van der Waals surface area contributed by atoms with E-state index in [0.29, 0.717) is 24.5 Å². The summed E-state index contributed by atoms with van der Waals surface area (Å²) in [4.78, 5) is 4.22. The normalized spacial score (nSPS) is 32.4. The Balaban J connectivity index is 0.000000810. The maximum Gasteiger partial charge on any atom is -0.147 e. The second-order valence-corrected chi connectivity index (χ2v) is 7.08. The molecule has 10 heavy (non-hydrogen) atoms. The van der Waals surface area contributed by atoms with Crippen molar-refractivity contribution in [2.24, 2.45) is 10.7 Å². The molecule has 0 aliphatic carbocycles. The Morgan fingerprint density at radius 3 is 2.60 bits per heavy atom. The summed E-state index contributed by atoms with van der Waals surface area (Å²) in [6, 6.07) is 0. The first-order valence-corrected chi connectivity index (χ1v) is 5.62. The molecule has 0 aromatic heterocycles. The second-order valence-electron chi connectivity index (χ2n) is 1.89. The van der Waals surface area contributed by atoms with Gasteiger partial charge in [-0.3, -0.25) is 0 Å². The van der Waals surface area contributed by atoms with Crippen LogP contribution in [-0.2, 0) is 0 Å². The second kappa shape index (κ2) is 4.50. The molecule has 2 N–H and O–H groups in total. The van der Waals surface area contributed by atoms with Gasteiger partial charge in [-0.1, -0.05) is 0 Å². The molecule has 0 fully saturated rings. The summed E-state index contributed by atoms with van der Waals surface area (Å²) in [7, 11) is 0. The summed E-state index contributed by atoms with van der Waals surface area (Å²) in [5.41, 5.74) is 5.58. The molecular formula is C5H11ClN2SSe. The molecule has 1 heterocycles. The molecule has 60 valence electrons. The number of rotatable bonds is 0. The molecule has 0 bridgehead atoms. The van der Waals surface area contributed by atoms with Crippen molar-refractivity contribution in [2.45, 2.75) is 23.4 Å². The summed E-state index contributed by atoms with van der Waals surface area (Å²) < 4.78 is 1.59. The molecule has 0 saturated heterocycles. The Hall–Kier alpha value is 0.629. The third-order valence-electron chi connectivity index (χ3n) is 0.984. The van der Waals surface area contributed by atoms with Gasteiger partial charge in [0, 0.05) is 0 Å². The van der Waals surface area contributed by atoms with Crippen molar-refractivity contribution in [1.82, 2.24) is 0 Å². The summed E-state index contributed by atoms with van der Waals surface area (Å²) in [5, 5.41) is 0.385. The zero-order valence-corrected chi connectivity index (χ0v) is 9.25. The van der Waals surface area contributed by atoms with Crippen LogP contribution in [-0.4, -0.2) is 29.2 Å². The van der Waals surface area contributed by atoms with Crippen LogP contribution in [0.3, 0.4) is 0 Å². The van der Waals surface area contributed by atoms with Crippen molar-refractivity contribution in [1.29, 1.82) is 0 Å². The first kappa shape index (κ1) is 10.6. The fourth-order valence-electron chi connectivity index (χ4n) is 0.715. The van der Waals surface area contributed by atoms with Crippen LogP contribution in [0.4, 0.5) is 0 Å². The molecule has 0 amide bonds. The SMILES string of the molecule is CC1N=C(N)[Se]C(C)S1.Cl. The number of aliphatic imine (C=N–C) groups is 1. The zero-order chi connectivity index (χ0) is 6.85. The van der Waals surface area contributed by atoms with Gasteiger partial charge >= 0.3 is 65.5 Å². The van der Waals surface area contributed by atoms with Gasteiger partial charge in [0.25, 0.3) is 0 Å². The van der Waals surface area contributed by atoms with Gasteiger partial charge in [-0.05, 0) is 0 Å². The number of halogens is 1. The van der Waals surface area contributed by atoms with Crippen molar-refractivity contribution in [3.05, 3.63) is 0 Å². The Bertz CT molecular complexity index is 142. The molecule has 0 spiro atoms. The third-order valence-corrected chi connectivity index (χ3v) is 4.49.